The van der Waals surface area contributed by atoms with Crippen LogP contribution < -0.4 is 5.32 Å². The highest BCUT2D eigenvalue weighted by atomic mass is 16.6. The molecule has 2 aliphatic heterocycles. The van der Waals surface area contributed by atoms with E-state index in [0.717, 1.165) is 19.3 Å². The van der Waals surface area contributed by atoms with Gasteiger partial charge in [0.25, 0.3) is 5.91 Å². The van der Waals surface area contributed by atoms with Crippen LogP contribution in [0, 0.1) is 0 Å². The highest BCUT2D eigenvalue weighted by Gasteiger charge is 2.78. The van der Waals surface area contributed by atoms with Crippen molar-refractivity contribution in [2.45, 2.75) is 134 Å². The van der Waals surface area contributed by atoms with Gasteiger partial charge >= 0.3 is 0 Å². The highest BCUT2D eigenvalue weighted by molar-refractivity contribution is 6.15. The number of morpholine rings is 1. The van der Waals surface area contributed by atoms with Gasteiger partial charge in [-0.2, -0.15) is 0 Å². The Morgan fingerprint density at radius 2 is 1.32 bits per heavy atom. The lowest BCUT2D eigenvalue weighted by molar-refractivity contribution is -0.138. The van der Waals surface area contributed by atoms with Gasteiger partial charge in [0.1, 0.15) is 0 Å². The molecule has 0 saturated carbocycles. The molecular formula is C23H41NO4. The van der Waals surface area contributed by atoms with Gasteiger partial charge in [0.05, 0.1) is 0 Å². The number of hydrogen-bond acceptors (Lipinski definition) is 4. The lowest BCUT2D eigenvalue weighted by Gasteiger charge is -2.16. The first-order chi connectivity index (χ1) is 13.4. The summed E-state index contributed by atoms with van der Waals surface area (Å²) in [4.78, 5) is 24.3. The fourth-order valence-electron chi connectivity index (χ4n) is 4.40. The third kappa shape index (κ3) is 6.28. The number of hydrogen-bond donors (Lipinski definition) is 2. The second-order valence-corrected chi connectivity index (χ2v) is 8.96. The van der Waals surface area contributed by atoms with Crippen LogP contribution in [-0.2, 0) is 14.3 Å². The van der Waals surface area contributed by atoms with Crippen molar-refractivity contribution >= 4 is 11.7 Å². The minimum Gasteiger partial charge on any atom is -0.368 e. The summed E-state index contributed by atoms with van der Waals surface area (Å²) in [7, 11) is 0. The van der Waals surface area contributed by atoms with Gasteiger partial charge in [-0.3, -0.25) is 9.59 Å². The van der Waals surface area contributed by atoms with Gasteiger partial charge in [0.15, 0.2) is 17.6 Å². The maximum absolute atomic E-state index is 12.3. The van der Waals surface area contributed by atoms with Gasteiger partial charge in [-0.05, 0) is 13.3 Å². The number of fused-ring (bicyclic) bond motifs is 1. The minimum absolute atomic E-state index is 0.178. The highest BCUT2D eigenvalue weighted by Crippen LogP contribution is 2.49. The molecule has 0 aromatic rings. The van der Waals surface area contributed by atoms with E-state index in [2.05, 4.69) is 12.2 Å². The average molecular weight is 396 g/mol. The molecule has 28 heavy (non-hydrogen) atoms. The monoisotopic (exact) mass is 395 g/mol. The second kappa shape index (κ2) is 11.3. The van der Waals surface area contributed by atoms with Crippen molar-refractivity contribution in [3.05, 3.63) is 0 Å². The van der Waals surface area contributed by atoms with Crippen molar-refractivity contribution in [2.75, 3.05) is 0 Å². The van der Waals surface area contributed by atoms with Crippen LogP contribution in [0.3, 0.4) is 0 Å². The van der Waals surface area contributed by atoms with Crippen LogP contribution in [0.25, 0.3) is 0 Å². The predicted octanol–water partition coefficient (Wildman–Crippen LogP) is 4.79. The van der Waals surface area contributed by atoms with E-state index in [1.54, 1.807) is 0 Å². The molecule has 2 rings (SSSR count). The largest absolute Gasteiger partial charge is 0.368 e. The first kappa shape index (κ1) is 23.3. The van der Waals surface area contributed by atoms with E-state index in [-0.39, 0.29) is 5.78 Å². The lowest BCUT2D eigenvalue weighted by Crippen LogP contribution is -2.45. The Labute approximate surface area is 171 Å². The molecule has 0 aliphatic carbocycles. The molecule has 2 heterocycles. The molecule has 3 atom stereocenters. The number of aliphatic hydroxyl groups is 1. The van der Waals surface area contributed by atoms with Crippen molar-refractivity contribution in [1.29, 1.82) is 0 Å². The standard InChI is InChI=1S/C23H41NO4/c1-3-4-5-6-7-8-9-10-11-12-13-14-15-16-17-18-19(25)23-20(28-23)22(2,27)24-21(23)26/h20,27H,3-18H2,1-2H3,(H,24,26)/t20-,22?,23-/m0/s1. The predicted molar refractivity (Wildman–Crippen MR) is 111 cm³/mol. The fourth-order valence-corrected chi connectivity index (χ4v) is 4.40. The Bertz CT molecular complexity index is 505. The van der Waals surface area contributed by atoms with Crippen LogP contribution in [0.4, 0.5) is 0 Å². The molecule has 5 heteroatoms. The van der Waals surface area contributed by atoms with Crippen LogP contribution in [-0.4, -0.2) is 34.2 Å². The summed E-state index contributed by atoms with van der Waals surface area (Å²) in [5, 5.41) is 12.4. The molecule has 0 bridgehead atoms. The molecule has 0 aromatic heterocycles. The van der Waals surface area contributed by atoms with Gasteiger partial charge in [0, 0.05) is 6.42 Å². The molecule has 0 spiro atoms. The molecule has 1 unspecified atom stereocenters. The molecule has 2 N–H and O–H groups in total. The molecule has 0 aromatic carbocycles. The topological polar surface area (TPSA) is 78.9 Å². The third-order valence-electron chi connectivity index (χ3n) is 6.25. The van der Waals surface area contributed by atoms with Crippen molar-refractivity contribution in [2.24, 2.45) is 0 Å². The zero-order valence-electron chi connectivity index (χ0n) is 18.1. The number of amides is 1. The molecule has 162 valence electrons. The van der Waals surface area contributed by atoms with E-state index in [1.807, 2.05) is 0 Å². The SMILES string of the molecule is CCCCCCCCCCCCCCCCCC(=O)[C@]12O[C@H]1C(C)(O)NC2=O. The molecule has 0 radical (unpaired) electrons. The zero-order chi connectivity index (χ0) is 20.5. The Balaban J connectivity index is 1.37. The summed E-state index contributed by atoms with van der Waals surface area (Å²) in [5.74, 6) is -0.657. The zero-order valence-corrected chi connectivity index (χ0v) is 18.1. The number of carbonyl (C=O) groups is 2. The van der Waals surface area contributed by atoms with E-state index in [4.69, 9.17) is 4.74 Å². The summed E-state index contributed by atoms with van der Waals surface area (Å²) in [6, 6.07) is 0. The summed E-state index contributed by atoms with van der Waals surface area (Å²) >= 11 is 0. The van der Waals surface area contributed by atoms with Crippen molar-refractivity contribution in [1.82, 2.24) is 5.32 Å². The molecule has 2 fully saturated rings. The summed E-state index contributed by atoms with van der Waals surface area (Å²) in [5.41, 5.74) is -2.80. The number of nitrogens with one attached hydrogen (secondary N) is 1. The van der Waals surface area contributed by atoms with E-state index in [1.165, 1.54) is 84.0 Å². The molecule has 2 saturated heterocycles. The van der Waals surface area contributed by atoms with Gasteiger partial charge in [-0.15, -0.1) is 0 Å². The Kier molecular flexibility index (Phi) is 9.42. The van der Waals surface area contributed by atoms with Gasteiger partial charge in [-0.1, -0.05) is 96.8 Å². The average Bonchev–Trinajstić information content (AvgIpc) is 3.38. The summed E-state index contributed by atoms with van der Waals surface area (Å²) < 4.78 is 5.29. The summed E-state index contributed by atoms with van der Waals surface area (Å²) in [6.45, 7) is 3.74. The van der Waals surface area contributed by atoms with Crippen LogP contribution in [0.2, 0.25) is 0 Å². The van der Waals surface area contributed by atoms with Gasteiger partial charge in [0.2, 0.25) is 5.60 Å². The van der Waals surface area contributed by atoms with Crippen LogP contribution in [0.1, 0.15) is 117 Å². The molecule has 1 amide bonds. The van der Waals surface area contributed by atoms with E-state index >= 15 is 0 Å². The quantitative estimate of drug-likeness (QED) is 0.211. The van der Waals surface area contributed by atoms with E-state index in [0.29, 0.717) is 6.42 Å². The first-order valence-electron chi connectivity index (χ1n) is 11.7. The Hall–Kier alpha value is -0.940. The Morgan fingerprint density at radius 3 is 1.68 bits per heavy atom. The van der Waals surface area contributed by atoms with E-state index < -0.39 is 23.3 Å². The molecule has 5 nitrogen and oxygen atoms in total. The van der Waals surface area contributed by atoms with Crippen LogP contribution >= 0.6 is 0 Å². The third-order valence-corrected chi connectivity index (χ3v) is 6.25. The number of carbonyl (C=O) groups excluding carboxylic acids is 2. The molecular weight excluding hydrogens is 354 g/mol. The minimum atomic E-state index is -1.41. The number of epoxide rings is 1. The number of ketones is 1. The number of Topliss-reactive ketones (excluding diaryl/α,β-unsaturated/α-hetero) is 1. The van der Waals surface area contributed by atoms with Crippen LogP contribution in [0.15, 0.2) is 0 Å². The van der Waals surface area contributed by atoms with Gasteiger partial charge in [-0.25, -0.2) is 0 Å². The summed E-state index contributed by atoms with van der Waals surface area (Å²) in [6.07, 6.45) is 18.9. The maximum atomic E-state index is 12.3. The van der Waals surface area contributed by atoms with Gasteiger partial charge < -0.3 is 15.2 Å². The van der Waals surface area contributed by atoms with Crippen molar-refractivity contribution < 1.29 is 19.4 Å². The van der Waals surface area contributed by atoms with Crippen molar-refractivity contribution in [3.63, 3.8) is 0 Å². The maximum Gasteiger partial charge on any atom is 0.265 e. The normalized spacial score (nSPS) is 28.2. The fraction of sp³-hybridized carbons (Fsp3) is 0.913. The molecule has 2 aliphatic rings. The van der Waals surface area contributed by atoms with Crippen molar-refractivity contribution in [3.8, 4) is 0 Å². The Morgan fingerprint density at radius 1 is 0.893 bits per heavy atom. The van der Waals surface area contributed by atoms with Crippen LogP contribution in [0.5, 0.6) is 0 Å². The number of unbranched alkanes of at least 4 members (excludes halogenated alkanes) is 14. The number of ether oxygens (including phenoxy) is 1. The smallest absolute Gasteiger partial charge is 0.265 e. The first-order valence-corrected chi connectivity index (χ1v) is 11.7. The second-order valence-electron chi connectivity index (χ2n) is 8.96. The van der Waals surface area contributed by atoms with E-state index in [9.17, 15) is 14.7 Å². The lowest BCUT2D eigenvalue weighted by atomic mass is 9.94. The number of rotatable bonds is 17.